The number of rotatable bonds is 1. The van der Waals surface area contributed by atoms with Crippen molar-refractivity contribution in [1.82, 2.24) is 0 Å². The Morgan fingerprint density at radius 1 is 1.45 bits per heavy atom. The van der Waals surface area contributed by atoms with E-state index in [9.17, 15) is 9.90 Å². The predicted molar refractivity (Wildman–Crippen MR) is 104 cm³/mol. The number of fused-ring (bicyclic) bond motifs is 2. The molecule has 4 aliphatic rings. The van der Waals surface area contributed by atoms with E-state index in [1.165, 1.54) is 12.7 Å². The van der Waals surface area contributed by atoms with E-state index in [4.69, 9.17) is 9.47 Å². The van der Waals surface area contributed by atoms with E-state index >= 15 is 0 Å². The highest BCUT2D eigenvalue weighted by molar-refractivity contribution is 5.80. The van der Waals surface area contributed by atoms with Crippen LogP contribution in [0.4, 0.5) is 5.69 Å². The molecule has 6 nitrogen and oxygen atoms in total. The third-order valence-corrected chi connectivity index (χ3v) is 7.93. The Morgan fingerprint density at radius 2 is 2.24 bits per heavy atom. The second-order valence-electron chi connectivity index (χ2n) is 8.69. The largest absolute Gasteiger partial charge is 1.00 e. The monoisotopic (exact) mass is 420 g/mol. The second kappa shape index (κ2) is 6.89. The maximum atomic E-state index is 12.9. The summed E-state index contributed by atoms with van der Waals surface area (Å²) in [5, 5.41) is 10.3. The first-order valence-corrected chi connectivity index (χ1v) is 10.3. The fourth-order valence-electron chi connectivity index (χ4n) is 6.78. The fraction of sp³-hybridized carbons (Fsp3) is 0.591. The number of nitrogens with zero attached hydrogens (tertiary/aromatic N) is 1. The molecular formula is C22H29ClN2O4. The van der Waals surface area contributed by atoms with Gasteiger partial charge in [-0.3, -0.25) is 4.79 Å². The summed E-state index contributed by atoms with van der Waals surface area (Å²) in [5.41, 5.74) is 2.55. The first-order valence-electron chi connectivity index (χ1n) is 10.3. The van der Waals surface area contributed by atoms with Crippen LogP contribution in [0.1, 0.15) is 31.7 Å². The lowest BCUT2D eigenvalue weighted by Gasteiger charge is -2.55. The molecule has 5 atom stereocenters. The number of allylic oxidation sites excluding steroid dienone is 1. The highest BCUT2D eigenvalue weighted by Gasteiger charge is 2.77. The number of quaternary nitrogens is 1. The molecule has 158 valence electrons. The van der Waals surface area contributed by atoms with E-state index in [1.807, 2.05) is 12.1 Å². The molecule has 3 fully saturated rings. The second-order valence-corrected chi connectivity index (χ2v) is 8.69. The molecule has 0 aromatic heterocycles. The molecule has 0 saturated carbocycles. The summed E-state index contributed by atoms with van der Waals surface area (Å²) in [6.45, 7) is 4.53. The van der Waals surface area contributed by atoms with Gasteiger partial charge in [-0.05, 0) is 42.7 Å². The Morgan fingerprint density at radius 3 is 2.97 bits per heavy atom. The highest BCUT2D eigenvalue weighted by atomic mass is 35.5. The average molecular weight is 421 g/mol. The van der Waals surface area contributed by atoms with Crippen molar-refractivity contribution in [3.8, 4) is 5.75 Å². The number of ether oxygens (including phenoxy) is 2. The predicted octanol–water partition coefficient (Wildman–Crippen LogP) is -2.00. The zero-order valence-electron chi connectivity index (χ0n) is 17.2. The van der Waals surface area contributed by atoms with Crippen LogP contribution >= 0.6 is 0 Å². The molecule has 4 aliphatic heterocycles. The number of benzene rings is 1. The Hall–Kier alpha value is -1.76. The van der Waals surface area contributed by atoms with Gasteiger partial charge in [-0.15, -0.1) is 0 Å². The number of halogens is 1. The van der Waals surface area contributed by atoms with E-state index in [0.717, 1.165) is 43.6 Å². The molecule has 0 bridgehead atoms. The van der Waals surface area contributed by atoms with Crippen molar-refractivity contribution in [1.29, 1.82) is 0 Å². The van der Waals surface area contributed by atoms with E-state index in [-0.39, 0.29) is 36.1 Å². The van der Waals surface area contributed by atoms with Gasteiger partial charge in [0.2, 0.25) is 5.72 Å². The van der Waals surface area contributed by atoms with Gasteiger partial charge in [0, 0.05) is 25.6 Å². The summed E-state index contributed by atoms with van der Waals surface area (Å²) in [5.74, 6) is -0.324. The number of esters is 1. The maximum absolute atomic E-state index is 12.9. The molecule has 3 saturated heterocycles. The van der Waals surface area contributed by atoms with Crippen molar-refractivity contribution in [3.63, 3.8) is 0 Å². The Bertz CT molecular complexity index is 874. The summed E-state index contributed by atoms with van der Waals surface area (Å²) in [6.07, 6.45) is 5.20. The summed E-state index contributed by atoms with van der Waals surface area (Å²) in [6, 6.07) is 5.82. The third kappa shape index (κ3) is 2.34. The molecular weight excluding hydrogens is 392 g/mol. The van der Waals surface area contributed by atoms with Crippen molar-refractivity contribution >= 4 is 11.7 Å². The van der Waals surface area contributed by atoms with E-state index in [1.54, 1.807) is 11.0 Å². The minimum atomic E-state index is -0.575. The molecule has 1 aromatic rings. The number of phenols is 1. The molecule has 0 radical (unpaired) electrons. The number of nitrogens with one attached hydrogen (secondary N) is 1. The van der Waals surface area contributed by atoms with Gasteiger partial charge in [0.1, 0.15) is 11.8 Å². The van der Waals surface area contributed by atoms with E-state index in [0.29, 0.717) is 6.61 Å². The lowest BCUT2D eigenvalue weighted by Crippen LogP contribution is -3.21. The number of phenolic OH excluding ortho intramolecular Hbond substituents is 1. The zero-order valence-corrected chi connectivity index (χ0v) is 18.0. The molecule has 4 heterocycles. The Balaban J connectivity index is 0.00000205. The average Bonchev–Trinajstić information content (AvgIpc) is 3.18. The van der Waals surface area contributed by atoms with Gasteiger partial charge >= 0.3 is 5.97 Å². The van der Waals surface area contributed by atoms with Gasteiger partial charge in [-0.25, -0.2) is 0 Å². The van der Waals surface area contributed by atoms with Gasteiger partial charge in [0.25, 0.3) is 0 Å². The third-order valence-electron chi connectivity index (χ3n) is 7.93. The molecule has 29 heavy (non-hydrogen) atoms. The standard InChI is InChI=1S/C22H28N2O4.ClH/c1-4-14-5-8-19-22-21(9-10-24(19)12-14,17(13-28-22)20(26)27-3)16-11-15(25)6-7-18(16)23(22)2;/h4,6-7,11,17,19,25H,5,8-10,12-13H2,1-3H3;1H/b14-4+;. The number of likely N-dealkylation sites (N-methyl/N-ethyl adjacent to an activating group) is 1. The number of hydrogen-bond donors (Lipinski definition) is 2. The first kappa shape index (κ1) is 20.5. The molecule has 0 aliphatic carbocycles. The lowest BCUT2D eigenvalue weighted by atomic mass is 9.59. The van der Waals surface area contributed by atoms with Gasteiger partial charge in [-0.2, -0.15) is 0 Å². The van der Waals surface area contributed by atoms with Crippen molar-refractivity contribution in [2.45, 2.75) is 43.4 Å². The van der Waals surface area contributed by atoms with Crippen LogP contribution < -0.4 is 22.2 Å². The van der Waals surface area contributed by atoms with Crippen molar-refractivity contribution < 1.29 is 36.7 Å². The van der Waals surface area contributed by atoms with Crippen LogP contribution in [0, 0.1) is 5.92 Å². The maximum Gasteiger partial charge on any atom is 0.312 e. The molecule has 5 rings (SSSR count). The van der Waals surface area contributed by atoms with Crippen LogP contribution in [0.15, 0.2) is 29.8 Å². The van der Waals surface area contributed by atoms with Crippen LogP contribution in [0.3, 0.4) is 0 Å². The van der Waals surface area contributed by atoms with Crippen molar-refractivity contribution in [2.24, 2.45) is 5.92 Å². The lowest BCUT2D eigenvalue weighted by molar-refractivity contribution is -0.939. The molecule has 1 aromatic carbocycles. The van der Waals surface area contributed by atoms with Crippen LogP contribution in [-0.4, -0.2) is 56.7 Å². The SMILES string of the molecule is C/C=C1\CCC2[NH+](CCC34c5cc(O)ccc5N(C)C23OCC4C(=O)OC)C1.[Cl-]. The number of carbonyl (C=O) groups is 1. The van der Waals surface area contributed by atoms with Crippen LogP contribution in [-0.2, 0) is 19.7 Å². The number of hydrogen-bond acceptors (Lipinski definition) is 5. The first-order chi connectivity index (χ1) is 13.5. The molecule has 0 spiro atoms. The van der Waals surface area contributed by atoms with Gasteiger partial charge < -0.3 is 36.8 Å². The topological polar surface area (TPSA) is 63.4 Å². The van der Waals surface area contributed by atoms with Gasteiger partial charge in [0.15, 0.2) is 0 Å². The minimum absolute atomic E-state index is 0. The van der Waals surface area contributed by atoms with Gasteiger partial charge in [0.05, 0.1) is 38.1 Å². The summed E-state index contributed by atoms with van der Waals surface area (Å²) in [4.78, 5) is 16.7. The van der Waals surface area contributed by atoms with Crippen molar-refractivity contribution in [2.75, 3.05) is 38.8 Å². The number of aromatic hydroxyl groups is 1. The van der Waals surface area contributed by atoms with Gasteiger partial charge in [-0.1, -0.05) is 6.08 Å². The van der Waals surface area contributed by atoms with Crippen LogP contribution in [0.25, 0.3) is 0 Å². The van der Waals surface area contributed by atoms with Crippen LogP contribution in [0.5, 0.6) is 5.75 Å². The fourth-order valence-corrected chi connectivity index (χ4v) is 6.78. The minimum Gasteiger partial charge on any atom is -1.00 e. The Labute approximate surface area is 177 Å². The summed E-state index contributed by atoms with van der Waals surface area (Å²) >= 11 is 0. The molecule has 7 heteroatoms. The number of methoxy groups -OCH3 is 1. The number of carbonyl (C=O) groups excluding carboxylic acids is 1. The van der Waals surface area contributed by atoms with Crippen LogP contribution in [0.2, 0.25) is 0 Å². The summed E-state index contributed by atoms with van der Waals surface area (Å²) in [7, 11) is 3.55. The normalized spacial score (nSPS) is 38.5. The van der Waals surface area contributed by atoms with E-state index < -0.39 is 11.1 Å². The zero-order chi connectivity index (χ0) is 19.7. The summed E-state index contributed by atoms with van der Waals surface area (Å²) < 4.78 is 11.9. The highest BCUT2D eigenvalue weighted by Crippen LogP contribution is 2.64. The Kier molecular flexibility index (Phi) is 4.88. The quantitative estimate of drug-likeness (QED) is 0.406. The molecule has 2 N–H and O–H groups in total. The molecule has 5 unspecified atom stereocenters. The molecule has 0 amide bonds. The van der Waals surface area contributed by atoms with E-state index in [2.05, 4.69) is 24.9 Å². The number of piperidine rings is 2. The smallest absolute Gasteiger partial charge is 0.312 e. The van der Waals surface area contributed by atoms with Crippen molar-refractivity contribution in [3.05, 3.63) is 35.4 Å². The number of anilines is 1.